The van der Waals surface area contributed by atoms with E-state index < -0.39 is 5.97 Å². The second-order valence-electron chi connectivity index (χ2n) is 4.20. The first-order valence-electron chi connectivity index (χ1n) is 5.63. The molecule has 0 aliphatic rings. The first-order valence-corrected chi connectivity index (χ1v) is 6.51. The molecule has 5 heteroatoms. The zero-order valence-electron chi connectivity index (χ0n) is 10.7. The second-order valence-corrected chi connectivity index (χ2v) is 5.61. The zero-order chi connectivity index (χ0) is 13.7. The van der Waals surface area contributed by atoms with Crippen molar-refractivity contribution in [1.82, 2.24) is 5.32 Å². The van der Waals surface area contributed by atoms with E-state index in [-0.39, 0.29) is 17.7 Å². The van der Waals surface area contributed by atoms with Crippen LogP contribution >= 0.6 is 11.8 Å². The van der Waals surface area contributed by atoms with E-state index in [2.05, 4.69) is 11.4 Å². The molecule has 4 nitrogen and oxygen atoms in total. The molecule has 1 atom stereocenters. The third-order valence-corrected chi connectivity index (χ3v) is 3.37. The van der Waals surface area contributed by atoms with Crippen LogP contribution in [-0.2, 0) is 9.59 Å². The second kappa shape index (κ2) is 6.44. The van der Waals surface area contributed by atoms with Gasteiger partial charge in [-0.1, -0.05) is 6.07 Å². The van der Waals surface area contributed by atoms with Gasteiger partial charge in [0.25, 0.3) is 0 Å². The molecule has 0 fully saturated rings. The number of aryl methyl sites for hydroxylation is 2. The SMILES string of the molecule is Cc1cc(C)cc(SC(C)C(=O)NCC(=O)O)c1. The predicted octanol–water partition coefficient (Wildman–Crippen LogP) is 1.98. The van der Waals surface area contributed by atoms with Crippen LogP contribution < -0.4 is 5.32 Å². The number of carbonyl (C=O) groups excluding carboxylic acids is 1. The molecular formula is C13H17NO3S. The standard InChI is InChI=1S/C13H17NO3S/c1-8-4-9(2)6-11(5-8)18-10(3)13(17)14-7-12(15)16/h4-6,10H,7H2,1-3H3,(H,14,17)(H,15,16). The van der Waals surface area contributed by atoms with E-state index in [1.54, 1.807) is 6.92 Å². The number of carbonyl (C=O) groups is 2. The Hall–Kier alpha value is -1.49. The molecule has 1 unspecified atom stereocenters. The lowest BCUT2D eigenvalue weighted by atomic mass is 10.2. The van der Waals surface area contributed by atoms with E-state index in [0.29, 0.717) is 0 Å². The maximum absolute atomic E-state index is 11.6. The summed E-state index contributed by atoms with van der Waals surface area (Å²) in [6, 6.07) is 6.09. The molecule has 0 aliphatic heterocycles. The molecule has 18 heavy (non-hydrogen) atoms. The van der Waals surface area contributed by atoms with Crippen molar-refractivity contribution in [3.05, 3.63) is 29.3 Å². The molecule has 0 heterocycles. The molecule has 0 aromatic heterocycles. The number of hydrogen-bond donors (Lipinski definition) is 2. The summed E-state index contributed by atoms with van der Waals surface area (Å²) in [6.07, 6.45) is 0. The van der Waals surface area contributed by atoms with Gasteiger partial charge in [0.05, 0.1) is 5.25 Å². The molecule has 0 saturated heterocycles. The Balaban J connectivity index is 2.60. The van der Waals surface area contributed by atoms with Gasteiger partial charge < -0.3 is 10.4 Å². The number of nitrogens with one attached hydrogen (secondary N) is 1. The average molecular weight is 267 g/mol. The molecule has 2 N–H and O–H groups in total. The summed E-state index contributed by atoms with van der Waals surface area (Å²) in [7, 11) is 0. The predicted molar refractivity (Wildman–Crippen MR) is 71.9 cm³/mol. The van der Waals surface area contributed by atoms with Crippen LogP contribution in [0, 0.1) is 13.8 Å². The maximum Gasteiger partial charge on any atom is 0.322 e. The number of thioether (sulfide) groups is 1. The highest BCUT2D eigenvalue weighted by Gasteiger charge is 2.15. The van der Waals surface area contributed by atoms with Crippen LogP contribution in [0.4, 0.5) is 0 Å². The van der Waals surface area contributed by atoms with Gasteiger partial charge in [-0.15, -0.1) is 11.8 Å². The van der Waals surface area contributed by atoms with Crippen LogP contribution in [-0.4, -0.2) is 28.8 Å². The van der Waals surface area contributed by atoms with Crippen molar-refractivity contribution in [3.63, 3.8) is 0 Å². The first kappa shape index (κ1) is 14.6. The molecule has 98 valence electrons. The van der Waals surface area contributed by atoms with Gasteiger partial charge in [-0.3, -0.25) is 9.59 Å². The number of hydrogen-bond acceptors (Lipinski definition) is 3. The fraction of sp³-hybridized carbons (Fsp3) is 0.385. The summed E-state index contributed by atoms with van der Waals surface area (Å²) < 4.78 is 0. The number of aliphatic carboxylic acids is 1. The van der Waals surface area contributed by atoms with Crippen LogP contribution in [0.3, 0.4) is 0 Å². The third kappa shape index (κ3) is 4.79. The van der Waals surface area contributed by atoms with Gasteiger partial charge in [-0.05, 0) is 44.0 Å². The highest BCUT2D eigenvalue weighted by molar-refractivity contribution is 8.00. The molecule has 0 saturated carbocycles. The molecule has 1 amide bonds. The van der Waals surface area contributed by atoms with E-state index in [4.69, 9.17) is 5.11 Å². The largest absolute Gasteiger partial charge is 0.480 e. The van der Waals surface area contributed by atoms with Crippen molar-refractivity contribution in [2.24, 2.45) is 0 Å². The molecular weight excluding hydrogens is 250 g/mol. The van der Waals surface area contributed by atoms with E-state index in [1.807, 2.05) is 26.0 Å². The van der Waals surface area contributed by atoms with Crippen molar-refractivity contribution in [3.8, 4) is 0 Å². The lowest BCUT2D eigenvalue weighted by Gasteiger charge is -2.11. The Morgan fingerprint density at radius 1 is 1.28 bits per heavy atom. The van der Waals surface area contributed by atoms with Gasteiger partial charge in [0.2, 0.25) is 5.91 Å². The fourth-order valence-electron chi connectivity index (χ4n) is 1.57. The summed E-state index contributed by atoms with van der Waals surface area (Å²) in [4.78, 5) is 23.0. The van der Waals surface area contributed by atoms with E-state index in [0.717, 1.165) is 16.0 Å². The Morgan fingerprint density at radius 3 is 2.33 bits per heavy atom. The van der Waals surface area contributed by atoms with Crippen LogP contribution in [0.5, 0.6) is 0 Å². The third-order valence-electron chi connectivity index (χ3n) is 2.29. The van der Waals surface area contributed by atoms with Crippen molar-refractivity contribution in [2.45, 2.75) is 30.9 Å². The van der Waals surface area contributed by atoms with Gasteiger partial charge in [0.15, 0.2) is 0 Å². The number of amides is 1. The van der Waals surface area contributed by atoms with Crippen molar-refractivity contribution in [2.75, 3.05) is 6.54 Å². The van der Waals surface area contributed by atoms with Gasteiger partial charge >= 0.3 is 5.97 Å². The topological polar surface area (TPSA) is 66.4 Å². The molecule has 0 bridgehead atoms. The summed E-state index contributed by atoms with van der Waals surface area (Å²) in [5.41, 5.74) is 2.30. The molecule has 1 rings (SSSR count). The highest BCUT2D eigenvalue weighted by Crippen LogP contribution is 2.25. The minimum absolute atomic E-state index is 0.262. The Morgan fingerprint density at radius 2 is 1.83 bits per heavy atom. The molecule has 0 radical (unpaired) electrons. The molecule has 0 spiro atoms. The Bertz CT molecular complexity index is 439. The molecule has 0 aliphatic carbocycles. The summed E-state index contributed by atoms with van der Waals surface area (Å²) >= 11 is 1.43. The zero-order valence-corrected chi connectivity index (χ0v) is 11.5. The van der Waals surface area contributed by atoms with Gasteiger partial charge in [-0.2, -0.15) is 0 Å². The lowest BCUT2D eigenvalue weighted by molar-refractivity contribution is -0.137. The normalized spacial score (nSPS) is 11.9. The Kier molecular flexibility index (Phi) is 5.22. The number of benzene rings is 1. The quantitative estimate of drug-likeness (QED) is 0.801. The minimum Gasteiger partial charge on any atom is -0.480 e. The minimum atomic E-state index is -1.04. The van der Waals surface area contributed by atoms with E-state index in [9.17, 15) is 9.59 Å². The lowest BCUT2D eigenvalue weighted by Crippen LogP contribution is -2.34. The van der Waals surface area contributed by atoms with Crippen molar-refractivity contribution < 1.29 is 14.7 Å². The summed E-state index contributed by atoms with van der Waals surface area (Å²) in [5, 5.41) is 10.5. The van der Waals surface area contributed by atoms with Crippen LogP contribution in [0.1, 0.15) is 18.1 Å². The number of rotatable bonds is 5. The van der Waals surface area contributed by atoms with Crippen LogP contribution in [0.2, 0.25) is 0 Å². The smallest absolute Gasteiger partial charge is 0.322 e. The van der Waals surface area contributed by atoms with Crippen molar-refractivity contribution in [1.29, 1.82) is 0 Å². The maximum atomic E-state index is 11.6. The van der Waals surface area contributed by atoms with E-state index in [1.165, 1.54) is 11.8 Å². The summed E-state index contributed by atoms with van der Waals surface area (Å²) in [5.74, 6) is -1.30. The van der Waals surface area contributed by atoms with Gasteiger partial charge in [-0.25, -0.2) is 0 Å². The molecule has 1 aromatic rings. The monoisotopic (exact) mass is 267 g/mol. The highest BCUT2D eigenvalue weighted by atomic mass is 32.2. The first-order chi connectivity index (χ1) is 8.38. The molecule has 1 aromatic carbocycles. The van der Waals surface area contributed by atoms with Crippen molar-refractivity contribution >= 4 is 23.6 Å². The van der Waals surface area contributed by atoms with Crippen LogP contribution in [0.25, 0.3) is 0 Å². The van der Waals surface area contributed by atoms with Gasteiger partial charge in [0, 0.05) is 4.90 Å². The Labute approximate surface area is 111 Å². The van der Waals surface area contributed by atoms with E-state index >= 15 is 0 Å². The van der Waals surface area contributed by atoms with Gasteiger partial charge in [0.1, 0.15) is 6.54 Å². The summed E-state index contributed by atoms with van der Waals surface area (Å²) in [6.45, 7) is 5.44. The number of carboxylic acid groups (broad SMARTS) is 1. The fourth-order valence-corrected chi connectivity index (χ4v) is 2.67. The number of carboxylic acids is 1. The van der Waals surface area contributed by atoms with Crippen LogP contribution in [0.15, 0.2) is 23.1 Å². The average Bonchev–Trinajstić information content (AvgIpc) is 2.24.